The molecule has 0 saturated carbocycles. The largest absolute Gasteiger partial charge is 0.496 e. The summed E-state index contributed by atoms with van der Waals surface area (Å²) in [6, 6.07) is 7.38. The third kappa shape index (κ3) is 2.05. The van der Waals surface area contributed by atoms with Crippen molar-refractivity contribution >= 4 is 28.8 Å². The van der Waals surface area contributed by atoms with Gasteiger partial charge in [-0.3, -0.25) is 0 Å². The van der Waals surface area contributed by atoms with Gasteiger partial charge in [0.15, 0.2) is 0 Å². The molecule has 0 fully saturated rings. The molecule has 0 aliphatic heterocycles. The van der Waals surface area contributed by atoms with E-state index < -0.39 is 0 Å². The van der Waals surface area contributed by atoms with E-state index in [1.165, 1.54) is 0 Å². The predicted molar refractivity (Wildman–Crippen MR) is 77.2 cm³/mol. The number of hydrogen-bond acceptors (Lipinski definition) is 2. The van der Waals surface area contributed by atoms with Crippen LogP contribution in [0.4, 0.5) is 0 Å². The standard InChI is InChI=1S/C14H10Cl2N2O/c1-19-12-4-6-18-7-5-17-14(18)13(12)9-2-3-10(15)11(16)8-9/h2-8H,1H3. The fourth-order valence-corrected chi connectivity index (χ4v) is 2.36. The fourth-order valence-electron chi connectivity index (χ4n) is 2.06. The van der Waals surface area contributed by atoms with Gasteiger partial charge in [-0.25, -0.2) is 4.98 Å². The molecule has 5 heteroatoms. The highest BCUT2D eigenvalue weighted by molar-refractivity contribution is 6.42. The van der Waals surface area contributed by atoms with Crippen molar-refractivity contribution < 1.29 is 4.74 Å². The van der Waals surface area contributed by atoms with E-state index in [0.717, 1.165) is 22.5 Å². The molecule has 0 unspecified atom stereocenters. The average Bonchev–Trinajstić information content (AvgIpc) is 2.89. The molecule has 0 atom stereocenters. The minimum Gasteiger partial charge on any atom is -0.496 e. The summed E-state index contributed by atoms with van der Waals surface area (Å²) in [5.41, 5.74) is 2.63. The normalized spacial score (nSPS) is 10.9. The maximum absolute atomic E-state index is 6.08. The summed E-state index contributed by atoms with van der Waals surface area (Å²) in [6.45, 7) is 0. The summed E-state index contributed by atoms with van der Waals surface area (Å²) in [7, 11) is 1.63. The summed E-state index contributed by atoms with van der Waals surface area (Å²) in [6.07, 6.45) is 5.54. The van der Waals surface area contributed by atoms with Crippen LogP contribution in [-0.2, 0) is 0 Å². The maximum Gasteiger partial charge on any atom is 0.148 e. The molecule has 0 saturated heterocycles. The van der Waals surface area contributed by atoms with Crippen molar-refractivity contribution in [3.05, 3.63) is 52.9 Å². The summed E-state index contributed by atoms with van der Waals surface area (Å²) in [5, 5.41) is 1.04. The summed E-state index contributed by atoms with van der Waals surface area (Å²) in [5.74, 6) is 0.747. The number of rotatable bonds is 2. The second-order valence-electron chi connectivity index (χ2n) is 4.05. The minimum atomic E-state index is 0.509. The van der Waals surface area contributed by atoms with Gasteiger partial charge in [-0.15, -0.1) is 0 Å². The highest BCUT2D eigenvalue weighted by Crippen LogP contribution is 2.36. The second kappa shape index (κ2) is 4.76. The number of pyridine rings is 1. The molecule has 0 spiro atoms. The SMILES string of the molecule is COc1ccn2ccnc2c1-c1ccc(Cl)c(Cl)c1. The zero-order chi connectivity index (χ0) is 13.4. The molecule has 2 aromatic heterocycles. The lowest BCUT2D eigenvalue weighted by Gasteiger charge is -2.11. The number of fused-ring (bicyclic) bond motifs is 1. The Labute approximate surface area is 120 Å². The van der Waals surface area contributed by atoms with Crippen LogP contribution >= 0.6 is 23.2 Å². The Morgan fingerprint density at radius 3 is 2.68 bits per heavy atom. The van der Waals surface area contributed by atoms with Crippen LogP contribution in [0.25, 0.3) is 16.8 Å². The Balaban J connectivity index is 2.32. The van der Waals surface area contributed by atoms with Gasteiger partial charge < -0.3 is 9.14 Å². The number of benzene rings is 1. The summed E-state index contributed by atoms with van der Waals surface area (Å²) < 4.78 is 7.35. The van der Waals surface area contributed by atoms with Crippen LogP contribution in [0.3, 0.4) is 0 Å². The van der Waals surface area contributed by atoms with Crippen molar-refractivity contribution in [2.75, 3.05) is 7.11 Å². The van der Waals surface area contributed by atoms with Crippen LogP contribution in [0.1, 0.15) is 0 Å². The third-order valence-corrected chi connectivity index (χ3v) is 3.69. The molecule has 3 nitrogen and oxygen atoms in total. The first-order valence-corrected chi connectivity index (χ1v) is 6.41. The zero-order valence-corrected chi connectivity index (χ0v) is 11.6. The topological polar surface area (TPSA) is 26.5 Å². The Bertz CT molecular complexity index is 752. The van der Waals surface area contributed by atoms with Crippen LogP contribution in [0, 0.1) is 0 Å². The summed E-state index contributed by atoms with van der Waals surface area (Å²) >= 11 is 12.0. The van der Waals surface area contributed by atoms with E-state index in [1.807, 2.05) is 35.0 Å². The van der Waals surface area contributed by atoms with Gasteiger partial charge in [0, 0.05) is 18.6 Å². The minimum absolute atomic E-state index is 0.509. The predicted octanol–water partition coefficient (Wildman–Crippen LogP) is 4.32. The lowest BCUT2D eigenvalue weighted by molar-refractivity contribution is 0.416. The van der Waals surface area contributed by atoms with Gasteiger partial charge in [-0.05, 0) is 23.8 Å². The monoisotopic (exact) mass is 292 g/mol. The van der Waals surface area contributed by atoms with Crippen LogP contribution < -0.4 is 4.74 Å². The van der Waals surface area contributed by atoms with E-state index in [4.69, 9.17) is 27.9 Å². The number of imidazole rings is 1. The van der Waals surface area contributed by atoms with E-state index in [2.05, 4.69) is 4.98 Å². The van der Waals surface area contributed by atoms with Crippen LogP contribution in [0.15, 0.2) is 42.9 Å². The van der Waals surface area contributed by atoms with E-state index in [0.29, 0.717) is 10.0 Å². The number of halogens is 2. The molecule has 0 amide bonds. The average molecular weight is 293 g/mol. The van der Waals surface area contributed by atoms with Crippen molar-refractivity contribution in [2.45, 2.75) is 0 Å². The van der Waals surface area contributed by atoms with E-state index in [1.54, 1.807) is 19.4 Å². The fraction of sp³-hybridized carbons (Fsp3) is 0.0714. The van der Waals surface area contributed by atoms with Gasteiger partial charge in [0.1, 0.15) is 11.4 Å². The Kier molecular flexibility index (Phi) is 3.09. The van der Waals surface area contributed by atoms with Gasteiger partial charge in [0.05, 0.1) is 22.7 Å². The number of ether oxygens (including phenoxy) is 1. The van der Waals surface area contributed by atoms with Gasteiger partial charge in [-0.1, -0.05) is 29.3 Å². The van der Waals surface area contributed by atoms with E-state index in [9.17, 15) is 0 Å². The van der Waals surface area contributed by atoms with Crippen molar-refractivity contribution in [3.8, 4) is 16.9 Å². The molecule has 19 heavy (non-hydrogen) atoms. The molecule has 96 valence electrons. The van der Waals surface area contributed by atoms with Crippen molar-refractivity contribution in [3.63, 3.8) is 0 Å². The molecule has 3 aromatic rings. The van der Waals surface area contributed by atoms with E-state index >= 15 is 0 Å². The third-order valence-electron chi connectivity index (χ3n) is 2.95. The molecule has 2 heterocycles. The van der Waals surface area contributed by atoms with E-state index in [-0.39, 0.29) is 0 Å². The van der Waals surface area contributed by atoms with Crippen molar-refractivity contribution in [2.24, 2.45) is 0 Å². The number of methoxy groups -OCH3 is 1. The van der Waals surface area contributed by atoms with Crippen LogP contribution in [0.5, 0.6) is 5.75 Å². The van der Waals surface area contributed by atoms with Crippen LogP contribution in [0.2, 0.25) is 10.0 Å². The molecule has 0 aliphatic rings. The summed E-state index contributed by atoms with van der Waals surface area (Å²) in [4.78, 5) is 4.36. The Morgan fingerprint density at radius 2 is 1.95 bits per heavy atom. The number of aromatic nitrogens is 2. The first-order chi connectivity index (χ1) is 9.20. The quantitative estimate of drug-likeness (QED) is 0.703. The number of nitrogens with zero attached hydrogens (tertiary/aromatic N) is 2. The Hall–Kier alpha value is -1.71. The molecule has 1 aromatic carbocycles. The van der Waals surface area contributed by atoms with Crippen molar-refractivity contribution in [1.29, 1.82) is 0 Å². The van der Waals surface area contributed by atoms with Crippen molar-refractivity contribution in [1.82, 2.24) is 9.38 Å². The molecular weight excluding hydrogens is 283 g/mol. The van der Waals surface area contributed by atoms with Gasteiger partial charge in [0.25, 0.3) is 0 Å². The second-order valence-corrected chi connectivity index (χ2v) is 4.86. The lowest BCUT2D eigenvalue weighted by atomic mass is 10.1. The maximum atomic E-state index is 6.08. The highest BCUT2D eigenvalue weighted by Gasteiger charge is 2.13. The molecule has 0 radical (unpaired) electrons. The highest BCUT2D eigenvalue weighted by atomic mass is 35.5. The molecule has 0 bridgehead atoms. The smallest absolute Gasteiger partial charge is 0.148 e. The van der Waals surface area contributed by atoms with Gasteiger partial charge in [-0.2, -0.15) is 0 Å². The Morgan fingerprint density at radius 1 is 1.11 bits per heavy atom. The molecular formula is C14H10Cl2N2O. The van der Waals surface area contributed by atoms with Gasteiger partial charge in [0.2, 0.25) is 0 Å². The first-order valence-electron chi connectivity index (χ1n) is 5.66. The molecule has 0 N–H and O–H groups in total. The zero-order valence-electron chi connectivity index (χ0n) is 10.1. The number of hydrogen-bond donors (Lipinski definition) is 0. The van der Waals surface area contributed by atoms with Crippen LogP contribution in [-0.4, -0.2) is 16.5 Å². The molecule has 3 rings (SSSR count). The first kappa shape index (κ1) is 12.3. The lowest BCUT2D eigenvalue weighted by Crippen LogP contribution is -1.93. The molecule has 0 aliphatic carbocycles. The van der Waals surface area contributed by atoms with Gasteiger partial charge >= 0.3 is 0 Å².